The van der Waals surface area contributed by atoms with E-state index in [0.717, 1.165) is 5.56 Å². The number of hydrogen-bond donors (Lipinski definition) is 1. The molecule has 5 heteroatoms. The van der Waals surface area contributed by atoms with Crippen LogP contribution in [0.2, 0.25) is 0 Å². The lowest BCUT2D eigenvalue weighted by Gasteiger charge is -2.12. The zero-order valence-corrected chi connectivity index (χ0v) is 12.6. The molecule has 1 aromatic carbocycles. The molecule has 0 saturated carbocycles. The van der Waals surface area contributed by atoms with Crippen molar-refractivity contribution < 1.29 is 8.42 Å². The molecule has 0 aliphatic carbocycles. The Balaban J connectivity index is 2.06. The molecule has 102 valence electrons. The summed E-state index contributed by atoms with van der Waals surface area (Å²) >= 11 is 1.68. The Kier molecular flexibility index (Phi) is 4.39. The number of nitrogens with one attached hydrogen (secondary N) is 1. The van der Waals surface area contributed by atoms with Crippen molar-refractivity contribution in [3.63, 3.8) is 0 Å². The number of benzene rings is 1. The maximum absolute atomic E-state index is 11.1. The molecular formula is C14H17NO2S2. The van der Waals surface area contributed by atoms with Crippen molar-refractivity contribution in [2.24, 2.45) is 0 Å². The third-order valence-electron chi connectivity index (χ3n) is 2.99. The van der Waals surface area contributed by atoms with Gasteiger partial charge in [-0.3, -0.25) is 0 Å². The lowest BCUT2D eigenvalue weighted by atomic mass is 9.99. The van der Waals surface area contributed by atoms with Gasteiger partial charge in [0.15, 0.2) is 0 Å². The standard InChI is InChI=1S/C14H17NO2S2/c1-11(9-15-19(2,16)17)12-3-5-13(6-4-12)14-7-8-18-10-14/h3-8,10-11,15H,9H2,1-2H3/t11-/m0/s1. The zero-order chi connectivity index (χ0) is 13.9. The minimum absolute atomic E-state index is 0.159. The van der Waals surface area contributed by atoms with Gasteiger partial charge in [0.05, 0.1) is 6.26 Å². The highest BCUT2D eigenvalue weighted by Gasteiger charge is 2.09. The van der Waals surface area contributed by atoms with Gasteiger partial charge in [0.1, 0.15) is 0 Å². The Hall–Kier alpha value is -1.17. The van der Waals surface area contributed by atoms with Crippen LogP contribution in [0, 0.1) is 0 Å². The Morgan fingerprint density at radius 1 is 1.16 bits per heavy atom. The summed E-state index contributed by atoms with van der Waals surface area (Å²) < 4.78 is 24.7. The van der Waals surface area contributed by atoms with Crippen LogP contribution in [0.5, 0.6) is 0 Å². The topological polar surface area (TPSA) is 46.2 Å². The quantitative estimate of drug-likeness (QED) is 0.921. The Labute approximate surface area is 118 Å². The normalized spacial score (nSPS) is 13.4. The number of thiophene rings is 1. The van der Waals surface area contributed by atoms with Gasteiger partial charge in [0.25, 0.3) is 0 Å². The predicted octanol–water partition coefficient (Wildman–Crippen LogP) is 3.07. The van der Waals surface area contributed by atoms with Crippen molar-refractivity contribution in [1.82, 2.24) is 4.72 Å². The van der Waals surface area contributed by atoms with Crippen LogP contribution in [0.1, 0.15) is 18.4 Å². The molecule has 3 nitrogen and oxygen atoms in total. The summed E-state index contributed by atoms with van der Waals surface area (Å²) in [4.78, 5) is 0. The van der Waals surface area contributed by atoms with Crippen LogP contribution in [0.15, 0.2) is 41.1 Å². The summed E-state index contributed by atoms with van der Waals surface area (Å²) in [6.45, 7) is 2.44. The molecule has 0 amide bonds. The Morgan fingerprint density at radius 2 is 1.84 bits per heavy atom. The highest BCUT2D eigenvalue weighted by molar-refractivity contribution is 7.88. The Bertz CT molecular complexity index is 616. The van der Waals surface area contributed by atoms with Crippen LogP contribution >= 0.6 is 11.3 Å². The van der Waals surface area contributed by atoms with Crippen molar-refractivity contribution in [2.45, 2.75) is 12.8 Å². The van der Waals surface area contributed by atoms with E-state index in [4.69, 9.17) is 0 Å². The SMILES string of the molecule is C[C@@H](CNS(C)(=O)=O)c1ccc(-c2ccsc2)cc1. The second-order valence-electron chi connectivity index (χ2n) is 4.66. The molecule has 0 bridgehead atoms. The lowest BCUT2D eigenvalue weighted by Crippen LogP contribution is -2.26. The maximum Gasteiger partial charge on any atom is 0.208 e. The molecule has 1 heterocycles. The predicted molar refractivity (Wildman–Crippen MR) is 81.0 cm³/mol. The molecule has 1 aromatic heterocycles. The molecule has 0 unspecified atom stereocenters. The molecule has 19 heavy (non-hydrogen) atoms. The molecule has 0 radical (unpaired) electrons. The van der Waals surface area contributed by atoms with E-state index in [1.807, 2.05) is 6.92 Å². The van der Waals surface area contributed by atoms with Crippen molar-refractivity contribution in [3.05, 3.63) is 46.7 Å². The number of sulfonamides is 1. The van der Waals surface area contributed by atoms with Gasteiger partial charge in [-0.15, -0.1) is 0 Å². The molecule has 1 N–H and O–H groups in total. The van der Waals surface area contributed by atoms with E-state index < -0.39 is 10.0 Å². The van der Waals surface area contributed by atoms with Crippen LogP contribution in [0.4, 0.5) is 0 Å². The first-order chi connectivity index (χ1) is 8.96. The fourth-order valence-corrected chi connectivity index (χ4v) is 3.04. The van der Waals surface area contributed by atoms with E-state index in [9.17, 15) is 8.42 Å². The minimum atomic E-state index is -3.12. The van der Waals surface area contributed by atoms with Crippen LogP contribution in [-0.2, 0) is 10.0 Å². The summed E-state index contributed by atoms with van der Waals surface area (Å²) in [6.07, 6.45) is 1.18. The fraction of sp³-hybridized carbons (Fsp3) is 0.286. The summed E-state index contributed by atoms with van der Waals surface area (Å²) in [5, 5.41) is 4.17. The molecular weight excluding hydrogens is 278 g/mol. The smallest absolute Gasteiger partial charge is 0.208 e. The van der Waals surface area contributed by atoms with E-state index in [0.29, 0.717) is 6.54 Å². The van der Waals surface area contributed by atoms with Crippen molar-refractivity contribution in [1.29, 1.82) is 0 Å². The van der Waals surface area contributed by atoms with Crippen molar-refractivity contribution in [3.8, 4) is 11.1 Å². The average molecular weight is 295 g/mol. The first kappa shape index (κ1) is 14.2. The van der Waals surface area contributed by atoms with E-state index in [-0.39, 0.29) is 5.92 Å². The summed E-state index contributed by atoms with van der Waals surface area (Å²) in [7, 11) is -3.12. The van der Waals surface area contributed by atoms with E-state index in [1.54, 1.807) is 11.3 Å². The van der Waals surface area contributed by atoms with Crippen LogP contribution in [0.3, 0.4) is 0 Å². The average Bonchev–Trinajstić information content (AvgIpc) is 2.89. The number of hydrogen-bond acceptors (Lipinski definition) is 3. The van der Waals surface area contributed by atoms with Crippen LogP contribution < -0.4 is 4.72 Å². The van der Waals surface area contributed by atoms with Gasteiger partial charge in [-0.2, -0.15) is 11.3 Å². The third-order valence-corrected chi connectivity index (χ3v) is 4.36. The molecule has 1 atom stereocenters. The molecule has 0 fully saturated rings. The Morgan fingerprint density at radius 3 is 2.37 bits per heavy atom. The van der Waals surface area contributed by atoms with Crippen molar-refractivity contribution >= 4 is 21.4 Å². The van der Waals surface area contributed by atoms with Crippen LogP contribution in [0.25, 0.3) is 11.1 Å². The van der Waals surface area contributed by atoms with Gasteiger partial charge >= 0.3 is 0 Å². The van der Waals surface area contributed by atoms with Gasteiger partial charge in [0, 0.05) is 6.54 Å². The molecule has 2 aromatic rings. The summed E-state index contributed by atoms with van der Waals surface area (Å²) in [6, 6.07) is 10.4. The monoisotopic (exact) mass is 295 g/mol. The maximum atomic E-state index is 11.1. The second kappa shape index (κ2) is 5.86. The molecule has 0 spiro atoms. The van der Waals surface area contributed by atoms with E-state index in [1.165, 1.54) is 17.4 Å². The van der Waals surface area contributed by atoms with Crippen molar-refractivity contribution in [2.75, 3.05) is 12.8 Å². The van der Waals surface area contributed by atoms with Crippen LogP contribution in [-0.4, -0.2) is 21.2 Å². The van der Waals surface area contributed by atoms with Gasteiger partial charge in [-0.05, 0) is 39.4 Å². The summed E-state index contributed by atoms with van der Waals surface area (Å²) in [5.41, 5.74) is 3.54. The molecule has 2 rings (SSSR count). The van der Waals surface area contributed by atoms with E-state index in [2.05, 4.69) is 45.8 Å². The van der Waals surface area contributed by atoms with Gasteiger partial charge < -0.3 is 0 Å². The van der Waals surface area contributed by atoms with Gasteiger partial charge in [0.2, 0.25) is 10.0 Å². The minimum Gasteiger partial charge on any atom is -0.215 e. The van der Waals surface area contributed by atoms with Gasteiger partial charge in [-0.1, -0.05) is 31.2 Å². The molecule has 0 aliphatic rings. The highest BCUT2D eigenvalue weighted by Crippen LogP contribution is 2.24. The summed E-state index contributed by atoms with van der Waals surface area (Å²) in [5.74, 6) is 0.159. The van der Waals surface area contributed by atoms with Gasteiger partial charge in [-0.25, -0.2) is 13.1 Å². The number of rotatable bonds is 5. The largest absolute Gasteiger partial charge is 0.215 e. The molecule has 0 aliphatic heterocycles. The first-order valence-electron chi connectivity index (χ1n) is 6.03. The first-order valence-corrected chi connectivity index (χ1v) is 8.86. The zero-order valence-electron chi connectivity index (χ0n) is 11.0. The lowest BCUT2D eigenvalue weighted by molar-refractivity contribution is 0.581. The van der Waals surface area contributed by atoms with E-state index >= 15 is 0 Å². The fourth-order valence-electron chi connectivity index (χ4n) is 1.83. The highest BCUT2D eigenvalue weighted by atomic mass is 32.2. The third kappa shape index (κ3) is 4.16. The second-order valence-corrected chi connectivity index (χ2v) is 7.27. The molecule has 0 saturated heterocycles.